The molecule has 0 aliphatic carbocycles. The van der Waals surface area contributed by atoms with Crippen LogP contribution < -0.4 is 10.6 Å². The zero-order chi connectivity index (χ0) is 12.0. The first-order valence-electron chi connectivity index (χ1n) is 5.60. The van der Waals surface area contributed by atoms with Gasteiger partial charge in [0.1, 0.15) is 0 Å². The van der Waals surface area contributed by atoms with Crippen LogP contribution in [0, 0.1) is 0 Å². The van der Waals surface area contributed by atoms with Crippen LogP contribution in [-0.4, -0.2) is 18.0 Å². The van der Waals surface area contributed by atoms with Gasteiger partial charge < -0.3 is 10.6 Å². The summed E-state index contributed by atoms with van der Waals surface area (Å²) < 4.78 is 0. The lowest BCUT2D eigenvalue weighted by molar-refractivity contribution is 0.501. The van der Waals surface area contributed by atoms with E-state index in [9.17, 15) is 0 Å². The highest BCUT2D eigenvalue weighted by Gasteiger charge is 2.11. The van der Waals surface area contributed by atoms with Crippen molar-refractivity contribution in [1.82, 2.24) is 10.6 Å². The average Bonchev–Trinajstić information content (AvgIpc) is 2.64. The highest BCUT2D eigenvalue weighted by Crippen LogP contribution is 2.09. The second-order valence-corrected chi connectivity index (χ2v) is 5.68. The van der Waals surface area contributed by atoms with E-state index in [1.807, 2.05) is 0 Å². The predicted octanol–water partition coefficient (Wildman–Crippen LogP) is 2.60. The average molecular weight is 239 g/mol. The second kappa shape index (κ2) is 5.89. The Bertz CT molecular complexity index is 323. The Morgan fingerprint density at radius 2 is 2.19 bits per heavy atom. The highest BCUT2D eigenvalue weighted by molar-refractivity contribution is 7.09. The molecular weight excluding hydrogens is 218 g/mol. The third-order valence-electron chi connectivity index (χ3n) is 1.81. The summed E-state index contributed by atoms with van der Waals surface area (Å²) >= 11 is 1.74. The molecule has 0 amide bonds. The maximum absolute atomic E-state index is 4.55. The van der Waals surface area contributed by atoms with Gasteiger partial charge in [0.2, 0.25) is 0 Å². The molecule has 16 heavy (non-hydrogen) atoms. The molecule has 1 heterocycles. The van der Waals surface area contributed by atoms with Crippen LogP contribution in [0.1, 0.15) is 32.6 Å². The number of thiophene rings is 1. The van der Waals surface area contributed by atoms with Crippen molar-refractivity contribution in [1.29, 1.82) is 0 Å². The molecule has 0 unspecified atom stereocenters. The molecule has 1 aromatic rings. The molecule has 0 saturated heterocycles. The number of hydrogen-bond acceptors (Lipinski definition) is 2. The van der Waals surface area contributed by atoms with Gasteiger partial charge in [-0.25, -0.2) is 4.99 Å². The predicted molar refractivity (Wildman–Crippen MR) is 72.0 cm³/mol. The van der Waals surface area contributed by atoms with Gasteiger partial charge in [-0.05, 0) is 39.1 Å². The third-order valence-corrected chi connectivity index (χ3v) is 2.67. The van der Waals surface area contributed by atoms with E-state index in [1.54, 1.807) is 11.3 Å². The van der Waals surface area contributed by atoms with Crippen molar-refractivity contribution in [3.05, 3.63) is 22.4 Å². The fourth-order valence-electron chi connectivity index (χ4n) is 1.22. The molecule has 1 rings (SSSR count). The minimum atomic E-state index is 0.0381. The van der Waals surface area contributed by atoms with Gasteiger partial charge in [0.25, 0.3) is 0 Å². The van der Waals surface area contributed by atoms with Crippen molar-refractivity contribution >= 4 is 17.3 Å². The van der Waals surface area contributed by atoms with Crippen molar-refractivity contribution in [2.75, 3.05) is 6.54 Å². The van der Waals surface area contributed by atoms with Gasteiger partial charge in [0.15, 0.2) is 5.96 Å². The van der Waals surface area contributed by atoms with E-state index in [2.05, 4.69) is 60.8 Å². The topological polar surface area (TPSA) is 36.4 Å². The lowest BCUT2D eigenvalue weighted by Gasteiger charge is -2.23. The van der Waals surface area contributed by atoms with E-state index in [0.717, 1.165) is 19.0 Å². The lowest BCUT2D eigenvalue weighted by atomic mass is 10.1. The zero-order valence-electron chi connectivity index (χ0n) is 10.5. The molecule has 0 saturated carbocycles. The molecule has 0 aromatic carbocycles. The molecule has 0 aliphatic rings. The van der Waals surface area contributed by atoms with Crippen LogP contribution in [0.2, 0.25) is 0 Å². The van der Waals surface area contributed by atoms with Crippen LogP contribution in [-0.2, 0) is 6.54 Å². The molecule has 0 radical (unpaired) electrons. The highest BCUT2D eigenvalue weighted by atomic mass is 32.1. The van der Waals surface area contributed by atoms with Crippen LogP contribution >= 0.6 is 11.3 Å². The summed E-state index contributed by atoms with van der Waals surface area (Å²) in [6.45, 7) is 10.1. The summed E-state index contributed by atoms with van der Waals surface area (Å²) in [6.07, 6.45) is 0. The van der Waals surface area contributed by atoms with Crippen molar-refractivity contribution in [2.45, 2.75) is 39.8 Å². The van der Waals surface area contributed by atoms with E-state index in [4.69, 9.17) is 0 Å². The fraction of sp³-hybridized carbons (Fsp3) is 0.583. The van der Waals surface area contributed by atoms with E-state index in [0.29, 0.717) is 0 Å². The van der Waals surface area contributed by atoms with Gasteiger partial charge in [-0.2, -0.15) is 0 Å². The normalized spacial score (nSPS) is 12.6. The smallest absolute Gasteiger partial charge is 0.192 e. The number of aliphatic imine (C=N–C) groups is 1. The van der Waals surface area contributed by atoms with E-state index in [-0.39, 0.29) is 5.54 Å². The third kappa shape index (κ3) is 5.16. The Balaban J connectivity index is 2.58. The summed E-state index contributed by atoms with van der Waals surface area (Å²) in [5.74, 6) is 0.878. The van der Waals surface area contributed by atoms with Crippen LogP contribution in [0.5, 0.6) is 0 Å². The quantitative estimate of drug-likeness (QED) is 0.628. The monoisotopic (exact) mass is 239 g/mol. The maximum atomic E-state index is 4.55. The first kappa shape index (κ1) is 13.0. The van der Waals surface area contributed by atoms with Crippen molar-refractivity contribution in [3.8, 4) is 0 Å². The molecule has 0 spiro atoms. The van der Waals surface area contributed by atoms with Crippen molar-refractivity contribution < 1.29 is 0 Å². The summed E-state index contributed by atoms with van der Waals surface area (Å²) in [6, 6.07) is 4.16. The van der Waals surface area contributed by atoms with Gasteiger partial charge in [-0.15, -0.1) is 11.3 Å². The summed E-state index contributed by atoms with van der Waals surface area (Å²) in [5.41, 5.74) is 0.0381. The van der Waals surface area contributed by atoms with Crippen molar-refractivity contribution in [2.24, 2.45) is 4.99 Å². The minimum absolute atomic E-state index is 0.0381. The Labute approximate surface area is 102 Å². The van der Waals surface area contributed by atoms with Crippen LogP contribution in [0.4, 0.5) is 0 Å². The molecule has 2 N–H and O–H groups in total. The Morgan fingerprint density at radius 3 is 2.69 bits per heavy atom. The van der Waals surface area contributed by atoms with Crippen molar-refractivity contribution in [3.63, 3.8) is 0 Å². The first-order valence-corrected chi connectivity index (χ1v) is 6.48. The fourth-order valence-corrected chi connectivity index (χ4v) is 1.85. The molecule has 4 heteroatoms. The van der Waals surface area contributed by atoms with Crippen LogP contribution in [0.15, 0.2) is 22.5 Å². The Hall–Kier alpha value is -1.03. The largest absolute Gasteiger partial charge is 0.357 e. The summed E-state index contributed by atoms with van der Waals surface area (Å²) in [5, 5.41) is 8.69. The molecule has 0 aliphatic heterocycles. The standard InChI is InChI=1S/C12H21N3S/c1-5-13-11(15-12(2,3)4)14-9-10-7-6-8-16-10/h6-8H,5,9H2,1-4H3,(H2,13,14,15). The Kier molecular flexibility index (Phi) is 4.80. The molecule has 90 valence electrons. The molecule has 1 aromatic heterocycles. The van der Waals surface area contributed by atoms with Crippen LogP contribution in [0.25, 0.3) is 0 Å². The van der Waals surface area contributed by atoms with Crippen LogP contribution in [0.3, 0.4) is 0 Å². The Morgan fingerprint density at radius 1 is 1.44 bits per heavy atom. The van der Waals surface area contributed by atoms with E-state index < -0.39 is 0 Å². The molecule has 0 fully saturated rings. The van der Waals surface area contributed by atoms with Gasteiger partial charge in [0.05, 0.1) is 6.54 Å². The summed E-state index contributed by atoms with van der Waals surface area (Å²) in [4.78, 5) is 5.83. The maximum Gasteiger partial charge on any atom is 0.192 e. The van der Waals surface area contributed by atoms with E-state index >= 15 is 0 Å². The molecule has 0 bridgehead atoms. The number of hydrogen-bond donors (Lipinski definition) is 2. The summed E-state index contributed by atoms with van der Waals surface area (Å²) in [7, 11) is 0. The SMILES string of the molecule is CCNC(=NCc1cccs1)NC(C)(C)C. The zero-order valence-corrected chi connectivity index (χ0v) is 11.3. The molecular formula is C12H21N3S. The lowest BCUT2D eigenvalue weighted by Crippen LogP contribution is -2.47. The molecule has 0 atom stereocenters. The first-order chi connectivity index (χ1) is 7.51. The number of nitrogens with one attached hydrogen (secondary N) is 2. The number of nitrogens with zero attached hydrogens (tertiary/aromatic N) is 1. The van der Waals surface area contributed by atoms with E-state index in [1.165, 1.54) is 4.88 Å². The second-order valence-electron chi connectivity index (χ2n) is 4.65. The van der Waals surface area contributed by atoms with Gasteiger partial charge in [0, 0.05) is 17.0 Å². The van der Waals surface area contributed by atoms with Gasteiger partial charge in [-0.1, -0.05) is 6.07 Å². The molecule has 3 nitrogen and oxygen atoms in total. The number of guanidine groups is 1. The van der Waals surface area contributed by atoms with Gasteiger partial charge in [-0.3, -0.25) is 0 Å². The number of rotatable bonds is 3. The van der Waals surface area contributed by atoms with Gasteiger partial charge >= 0.3 is 0 Å². The minimum Gasteiger partial charge on any atom is -0.357 e.